The molecule has 0 radical (unpaired) electrons. The Morgan fingerprint density at radius 3 is 3.20 bits per heavy atom. The first-order chi connectivity index (χ1) is 7.33. The normalized spacial score (nSPS) is 21.3. The highest BCUT2D eigenvalue weighted by molar-refractivity contribution is 9.10. The maximum Gasteiger partial charge on any atom is 0.212 e. The predicted octanol–water partition coefficient (Wildman–Crippen LogP) is 3.01. The molecule has 3 nitrogen and oxygen atoms in total. The first-order valence-electron chi connectivity index (χ1n) is 5.12. The minimum absolute atomic E-state index is 0.302. The lowest BCUT2D eigenvalue weighted by molar-refractivity contribution is 0.451. The van der Waals surface area contributed by atoms with Gasteiger partial charge in [0.15, 0.2) is 5.58 Å². The van der Waals surface area contributed by atoms with E-state index >= 15 is 0 Å². The van der Waals surface area contributed by atoms with Crippen LogP contribution in [0.2, 0.25) is 0 Å². The molecule has 1 atom stereocenters. The Bertz CT molecular complexity index is 488. The molecule has 0 unspecified atom stereocenters. The van der Waals surface area contributed by atoms with Gasteiger partial charge in [-0.3, -0.25) is 0 Å². The first-order valence-corrected chi connectivity index (χ1v) is 5.91. The van der Waals surface area contributed by atoms with E-state index in [-0.39, 0.29) is 0 Å². The topological polar surface area (TPSA) is 38.1 Å². The van der Waals surface area contributed by atoms with Crippen LogP contribution in [-0.4, -0.2) is 11.5 Å². The van der Waals surface area contributed by atoms with E-state index in [4.69, 9.17) is 4.42 Å². The quantitative estimate of drug-likeness (QED) is 0.863. The van der Waals surface area contributed by atoms with E-state index in [0.29, 0.717) is 6.04 Å². The number of rotatable bonds is 1. The molecule has 1 aliphatic rings. The number of hydrogen-bond donors (Lipinski definition) is 1. The first kappa shape index (κ1) is 9.36. The van der Waals surface area contributed by atoms with Crippen molar-refractivity contribution in [2.75, 3.05) is 6.54 Å². The molecule has 1 aliphatic heterocycles. The Kier molecular flexibility index (Phi) is 2.25. The van der Waals surface area contributed by atoms with E-state index in [1.807, 2.05) is 18.2 Å². The van der Waals surface area contributed by atoms with Gasteiger partial charge in [0.25, 0.3) is 0 Å². The third kappa shape index (κ3) is 1.68. The second-order valence-electron chi connectivity index (χ2n) is 3.81. The predicted molar refractivity (Wildman–Crippen MR) is 61.7 cm³/mol. The lowest BCUT2D eigenvalue weighted by atomic mass is 10.2. The molecule has 78 valence electrons. The number of nitrogens with one attached hydrogen (secondary N) is 1. The van der Waals surface area contributed by atoms with Crippen molar-refractivity contribution < 1.29 is 4.42 Å². The zero-order chi connectivity index (χ0) is 10.3. The van der Waals surface area contributed by atoms with Crippen LogP contribution in [0.1, 0.15) is 24.8 Å². The molecule has 2 aromatic rings. The Labute approximate surface area is 96.0 Å². The number of fused-ring (bicyclic) bond motifs is 1. The van der Waals surface area contributed by atoms with E-state index in [1.165, 1.54) is 6.42 Å². The molecule has 3 rings (SSSR count). The molecule has 4 heteroatoms. The SMILES string of the molecule is Brc1ccc2nc([C@@H]3CCCN3)oc2c1. The van der Waals surface area contributed by atoms with Gasteiger partial charge in [0.05, 0.1) is 6.04 Å². The van der Waals surface area contributed by atoms with Gasteiger partial charge in [-0.1, -0.05) is 15.9 Å². The molecule has 1 aromatic carbocycles. The smallest absolute Gasteiger partial charge is 0.212 e. The average Bonchev–Trinajstić information content (AvgIpc) is 2.84. The molecule has 2 heterocycles. The van der Waals surface area contributed by atoms with Gasteiger partial charge in [0.2, 0.25) is 5.89 Å². The summed E-state index contributed by atoms with van der Waals surface area (Å²) in [6.07, 6.45) is 2.32. The largest absolute Gasteiger partial charge is 0.439 e. The van der Waals surface area contributed by atoms with Crippen molar-refractivity contribution in [2.24, 2.45) is 0 Å². The van der Waals surface area contributed by atoms with Crippen LogP contribution in [0.25, 0.3) is 11.1 Å². The van der Waals surface area contributed by atoms with Gasteiger partial charge in [0.1, 0.15) is 5.52 Å². The molecule has 0 aliphatic carbocycles. The number of hydrogen-bond acceptors (Lipinski definition) is 3. The van der Waals surface area contributed by atoms with Crippen molar-refractivity contribution in [3.05, 3.63) is 28.6 Å². The lowest BCUT2D eigenvalue weighted by Gasteiger charge is -2.02. The molecule has 1 fully saturated rings. The van der Waals surface area contributed by atoms with Crippen molar-refractivity contribution in [3.8, 4) is 0 Å². The molecule has 0 spiro atoms. The van der Waals surface area contributed by atoms with Crippen molar-refractivity contribution in [2.45, 2.75) is 18.9 Å². The maximum absolute atomic E-state index is 5.73. The number of halogens is 1. The number of nitrogens with zero attached hydrogens (tertiary/aromatic N) is 1. The highest BCUT2D eigenvalue weighted by Gasteiger charge is 2.21. The van der Waals surface area contributed by atoms with E-state index < -0.39 is 0 Å². The number of benzene rings is 1. The summed E-state index contributed by atoms with van der Waals surface area (Å²) >= 11 is 3.42. The molecular formula is C11H11BrN2O. The average molecular weight is 267 g/mol. The molecule has 1 saturated heterocycles. The van der Waals surface area contributed by atoms with Crippen LogP contribution >= 0.6 is 15.9 Å². The summed E-state index contributed by atoms with van der Waals surface area (Å²) < 4.78 is 6.75. The minimum Gasteiger partial charge on any atom is -0.439 e. The van der Waals surface area contributed by atoms with Crippen LogP contribution < -0.4 is 5.32 Å². The van der Waals surface area contributed by atoms with Crippen LogP contribution in [0.4, 0.5) is 0 Å². The van der Waals surface area contributed by atoms with Crippen molar-refractivity contribution in [3.63, 3.8) is 0 Å². The van der Waals surface area contributed by atoms with Gasteiger partial charge in [-0.25, -0.2) is 4.98 Å². The maximum atomic E-state index is 5.73. The molecule has 1 aromatic heterocycles. The van der Waals surface area contributed by atoms with E-state index in [2.05, 4.69) is 26.2 Å². The van der Waals surface area contributed by atoms with Crippen molar-refractivity contribution >= 4 is 27.0 Å². The third-order valence-electron chi connectivity index (χ3n) is 2.73. The number of oxazole rings is 1. The monoisotopic (exact) mass is 266 g/mol. The molecule has 0 bridgehead atoms. The van der Waals surface area contributed by atoms with Gasteiger partial charge in [0, 0.05) is 4.47 Å². The Morgan fingerprint density at radius 2 is 2.40 bits per heavy atom. The Morgan fingerprint density at radius 1 is 1.47 bits per heavy atom. The standard InChI is InChI=1S/C11H11BrN2O/c12-7-3-4-8-10(6-7)15-11(14-8)9-2-1-5-13-9/h3-4,6,9,13H,1-2,5H2/t9-/m0/s1. The van der Waals surface area contributed by atoms with Crippen LogP contribution in [0.15, 0.2) is 27.1 Å². The van der Waals surface area contributed by atoms with E-state index in [1.54, 1.807) is 0 Å². The summed E-state index contributed by atoms with van der Waals surface area (Å²) in [4.78, 5) is 4.49. The highest BCUT2D eigenvalue weighted by Crippen LogP contribution is 2.27. The highest BCUT2D eigenvalue weighted by atomic mass is 79.9. The third-order valence-corrected chi connectivity index (χ3v) is 3.22. The summed E-state index contributed by atoms with van der Waals surface area (Å²) in [6.45, 7) is 1.06. The fourth-order valence-corrected chi connectivity index (χ4v) is 2.30. The van der Waals surface area contributed by atoms with Gasteiger partial charge >= 0.3 is 0 Å². The lowest BCUT2D eigenvalue weighted by Crippen LogP contribution is -2.12. The van der Waals surface area contributed by atoms with E-state index in [9.17, 15) is 0 Å². The van der Waals surface area contributed by atoms with Crippen LogP contribution in [0.5, 0.6) is 0 Å². The molecular weight excluding hydrogens is 256 g/mol. The number of aromatic nitrogens is 1. The fraction of sp³-hybridized carbons (Fsp3) is 0.364. The van der Waals surface area contributed by atoms with Crippen LogP contribution in [0, 0.1) is 0 Å². The van der Waals surface area contributed by atoms with Gasteiger partial charge in [-0.2, -0.15) is 0 Å². The molecule has 0 saturated carbocycles. The second-order valence-corrected chi connectivity index (χ2v) is 4.73. The summed E-state index contributed by atoms with van der Waals surface area (Å²) in [5.41, 5.74) is 1.79. The summed E-state index contributed by atoms with van der Waals surface area (Å²) in [5.74, 6) is 0.820. The molecule has 0 amide bonds. The summed E-state index contributed by atoms with van der Waals surface area (Å²) in [6, 6.07) is 6.22. The molecule has 1 N–H and O–H groups in total. The summed E-state index contributed by atoms with van der Waals surface area (Å²) in [5, 5.41) is 3.38. The Balaban J connectivity index is 2.05. The summed E-state index contributed by atoms with van der Waals surface area (Å²) in [7, 11) is 0. The van der Waals surface area contributed by atoms with Gasteiger partial charge in [-0.15, -0.1) is 0 Å². The Hall–Kier alpha value is -0.870. The van der Waals surface area contributed by atoms with Gasteiger partial charge in [-0.05, 0) is 37.6 Å². The van der Waals surface area contributed by atoms with Crippen molar-refractivity contribution in [1.29, 1.82) is 0 Å². The van der Waals surface area contributed by atoms with Crippen molar-refractivity contribution in [1.82, 2.24) is 10.3 Å². The fourth-order valence-electron chi connectivity index (χ4n) is 1.96. The van der Waals surface area contributed by atoms with Crippen LogP contribution in [-0.2, 0) is 0 Å². The zero-order valence-electron chi connectivity index (χ0n) is 8.16. The minimum atomic E-state index is 0.302. The second kappa shape index (κ2) is 3.61. The zero-order valence-corrected chi connectivity index (χ0v) is 9.75. The molecule has 15 heavy (non-hydrogen) atoms. The van der Waals surface area contributed by atoms with Gasteiger partial charge < -0.3 is 9.73 Å². The van der Waals surface area contributed by atoms with E-state index in [0.717, 1.165) is 34.4 Å². The van der Waals surface area contributed by atoms with Crippen LogP contribution in [0.3, 0.4) is 0 Å².